The van der Waals surface area contributed by atoms with Crippen LogP contribution in [0, 0.1) is 0 Å². The van der Waals surface area contributed by atoms with Gasteiger partial charge in [-0.3, -0.25) is 9.89 Å². The summed E-state index contributed by atoms with van der Waals surface area (Å²) in [6, 6.07) is 0. The SMILES string of the molecule is CC1(C(=O)NCc2ncn[nH]2)CCCO1. The van der Waals surface area contributed by atoms with Crippen LogP contribution in [0.1, 0.15) is 25.6 Å². The summed E-state index contributed by atoms with van der Waals surface area (Å²) < 4.78 is 5.41. The van der Waals surface area contributed by atoms with Gasteiger partial charge in [-0.05, 0) is 19.8 Å². The molecule has 1 aliphatic rings. The Labute approximate surface area is 87.4 Å². The molecule has 1 saturated heterocycles. The Hall–Kier alpha value is -1.43. The number of carbonyl (C=O) groups is 1. The summed E-state index contributed by atoms with van der Waals surface area (Å²) in [6.07, 6.45) is 3.12. The van der Waals surface area contributed by atoms with E-state index < -0.39 is 5.60 Å². The summed E-state index contributed by atoms with van der Waals surface area (Å²) in [7, 11) is 0. The predicted molar refractivity (Wildman–Crippen MR) is 51.8 cm³/mol. The standard InChI is InChI=1S/C9H14N4O2/c1-9(3-2-4-15-9)8(14)10-5-7-11-6-12-13-7/h6H,2-5H2,1H3,(H,10,14)(H,11,12,13). The molecule has 1 atom stereocenters. The highest BCUT2D eigenvalue weighted by Crippen LogP contribution is 2.24. The minimum Gasteiger partial charge on any atom is -0.365 e. The van der Waals surface area contributed by atoms with Crippen LogP contribution in [0.4, 0.5) is 0 Å². The molecule has 1 unspecified atom stereocenters. The van der Waals surface area contributed by atoms with Crippen LogP contribution < -0.4 is 5.32 Å². The van der Waals surface area contributed by atoms with Crippen LogP contribution in [-0.2, 0) is 16.1 Å². The Bertz CT molecular complexity index is 330. The minimum absolute atomic E-state index is 0.0867. The van der Waals surface area contributed by atoms with E-state index in [4.69, 9.17) is 4.74 Å². The molecule has 0 bridgehead atoms. The fraction of sp³-hybridized carbons (Fsp3) is 0.667. The molecule has 2 rings (SSSR count). The molecule has 1 aromatic rings. The molecule has 0 aromatic carbocycles. The number of nitrogens with one attached hydrogen (secondary N) is 2. The molecule has 0 aliphatic carbocycles. The average molecular weight is 210 g/mol. The highest BCUT2D eigenvalue weighted by atomic mass is 16.5. The van der Waals surface area contributed by atoms with Crippen molar-refractivity contribution in [1.82, 2.24) is 20.5 Å². The second kappa shape index (κ2) is 3.98. The maximum atomic E-state index is 11.8. The zero-order valence-electron chi connectivity index (χ0n) is 8.62. The van der Waals surface area contributed by atoms with Gasteiger partial charge in [-0.25, -0.2) is 4.98 Å². The molecule has 1 fully saturated rings. The van der Waals surface area contributed by atoms with E-state index in [1.165, 1.54) is 6.33 Å². The molecule has 0 radical (unpaired) electrons. The molecule has 15 heavy (non-hydrogen) atoms. The maximum Gasteiger partial charge on any atom is 0.252 e. The monoisotopic (exact) mass is 210 g/mol. The lowest BCUT2D eigenvalue weighted by Crippen LogP contribution is -2.43. The molecule has 0 spiro atoms. The molecule has 82 valence electrons. The van der Waals surface area contributed by atoms with Crippen molar-refractivity contribution in [2.75, 3.05) is 6.61 Å². The van der Waals surface area contributed by atoms with Crippen LogP contribution in [-0.4, -0.2) is 33.3 Å². The van der Waals surface area contributed by atoms with Gasteiger partial charge in [0.25, 0.3) is 5.91 Å². The van der Waals surface area contributed by atoms with E-state index in [2.05, 4.69) is 20.5 Å². The van der Waals surface area contributed by atoms with Crippen molar-refractivity contribution < 1.29 is 9.53 Å². The molecule has 0 saturated carbocycles. The highest BCUT2D eigenvalue weighted by Gasteiger charge is 2.37. The third-order valence-corrected chi connectivity index (χ3v) is 2.58. The number of aromatic amines is 1. The lowest BCUT2D eigenvalue weighted by Gasteiger charge is -2.21. The predicted octanol–water partition coefficient (Wildman–Crippen LogP) is -0.0100. The Morgan fingerprint density at radius 3 is 3.27 bits per heavy atom. The molecular weight excluding hydrogens is 196 g/mol. The summed E-state index contributed by atoms with van der Waals surface area (Å²) in [5.41, 5.74) is -0.667. The lowest BCUT2D eigenvalue weighted by molar-refractivity contribution is -0.139. The van der Waals surface area contributed by atoms with Gasteiger partial charge in [-0.15, -0.1) is 0 Å². The fourth-order valence-corrected chi connectivity index (χ4v) is 1.63. The second-order valence-electron chi connectivity index (χ2n) is 3.80. The number of hydrogen-bond donors (Lipinski definition) is 2. The molecule has 1 amide bonds. The van der Waals surface area contributed by atoms with Gasteiger partial charge >= 0.3 is 0 Å². The first-order valence-corrected chi connectivity index (χ1v) is 4.97. The smallest absolute Gasteiger partial charge is 0.252 e. The third kappa shape index (κ3) is 2.15. The molecule has 2 heterocycles. The summed E-state index contributed by atoms with van der Waals surface area (Å²) in [4.78, 5) is 15.7. The van der Waals surface area contributed by atoms with E-state index in [0.29, 0.717) is 19.0 Å². The van der Waals surface area contributed by atoms with Crippen molar-refractivity contribution in [2.24, 2.45) is 0 Å². The zero-order valence-corrected chi connectivity index (χ0v) is 8.62. The molecule has 6 heteroatoms. The second-order valence-corrected chi connectivity index (χ2v) is 3.80. The van der Waals surface area contributed by atoms with E-state index in [1.54, 1.807) is 0 Å². The number of ether oxygens (including phenoxy) is 1. The van der Waals surface area contributed by atoms with Gasteiger partial charge in [0.1, 0.15) is 17.8 Å². The van der Waals surface area contributed by atoms with Crippen LogP contribution in [0.5, 0.6) is 0 Å². The van der Waals surface area contributed by atoms with Gasteiger partial charge in [0.05, 0.1) is 6.54 Å². The zero-order chi connectivity index (χ0) is 10.7. The molecule has 1 aliphatic heterocycles. The molecular formula is C9H14N4O2. The van der Waals surface area contributed by atoms with Crippen molar-refractivity contribution in [3.05, 3.63) is 12.2 Å². The first-order valence-electron chi connectivity index (χ1n) is 4.97. The van der Waals surface area contributed by atoms with Crippen molar-refractivity contribution in [2.45, 2.75) is 31.9 Å². The van der Waals surface area contributed by atoms with Crippen LogP contribution in [0.2, 0.25) is 0 Å². The van der Waals surface area contributed by atoms with Crippen LogP contribution in [0.3, 0.4) is 0 Å². The van der Waals surface area contributed by atoms with E-state index >= 15 is 0 Å². The summed E-state index contributed by atoms with van der Waals surface area (Å²) in [5.74, 6) is 0.557. The van der Waals surface area contributed by atoms with Crippen molar-refractivity contribution >= 4 is 5.91 Å². The average Bonchev–Trinajstić information content (AvgIpc) is 2.85. The van der Waals surface area contributed by atoms with Crippen molar-refractivity contribution in [1.29, 1.82) is 0 Å². The summed E-state index contributed by atoms with van der Waals surface area (Å²) >= 11 is 0. The Morgan fingerprint density at radius 2 is 2.67 bits per heavy atom. The van der Waals surface area contributed by atoms with Crippen LogP contribution in [0.15, 0.2) is 6.33 Å². The Morgan fingerprint density at radius 1 is 1.80 bits per heavy atom. The Balaban J connectivity index is 1.87. The minimum atomic E-state index is -0.667. The van der Waals surface area contributed by atoms with Crippen LogP contribution in [0.25, 0.3) is 0 Å². The largest absolute Gasteiger partial charge is 0.365 e. The highest BCUT2D eigenvalue weighted by molar-refractivity contribution is 5.84. The van der Waals surface area contributed by atoms with Gasteiger partial charge < -0.3 is 10.1 Å². The Kier molecular flexibility index (Phi) is 2.68. The van der Waals surface area contributed by atoms with Crippen molar-refractivity contribution in [3.63, 3.8) is 0 Å². The van der Waals surface area contributed by atoms with Gasteiger partial charge in [0, 0.05) is 6.61 Å². The van der Waals surface area contributed by atoms with Crippen molar-refractivity contribution in [3.8, 4) is 0 Å². The first kappa shape index (κ1) is 10.1. The van der Waals surface area contributed by atoms with Gasteiger partial charge in [0.2, 0.25) is 0 Å². The van der Waals surface area contributed by atoms with E-state index in [0.717, 1.165) is 12.8 Å². The number of nitrogens with zero attached hydrogens (tertiary/aromatic N) is 2. The normalized spacial score (nSPS) is 25.4. The van der Waals surface area contributed by atoms with Gasteiger partial charge in [-0.2, -0.15) is 5.10 Å². The number of amides is 1. The fourth-order valence-electron chi connectivity index (χ4n) is 1.63. The van der Waals surface area contributed by atoms with Gasteiger partial charge in [-0.1, -0.05) is 0 Å². The molecule has 6 nitrogen and oxygen atoms in total. The number of carbonyl (C=O) groups excluding carboxylic acids is 1. The van der Waals surface area contributed by atoms with E-state index in [9.17, 15) is 4.79 Å². The molecule has 1 aromatic heterocycles. The van der Waals surface area contributed by atoms with Gasteiger partial charge in [0.15, 0.2) is 0 Å². The first-order chi connectivity index (χ1) is 7.21. The number of H-pyrrole nitrogens is 1. The quantitative estimate of drug-likeness (QED) is 0.735. The molecule has 2 N–H and O–H groups in total. The lowest BCUT2D eigenvalue weighted by atomic mass is 10.0. The number of aromatic nitrogens is 3. The summed E-state index contributed by atoms with van der Waals surface area (Å²) in [6.45, 7) is 2.83. The number of rotatable bonds is 3. The topological polar surface area (TPSA) is 79.9 Å². The maximum absolute atomic E-state index is 11.8. The van der Waals surface area contributed by atoms with E-state index in [-0.39, 0.29) is 5.91 Å². The van der Waals surface area contributed by atoms with Crippen LogP contribution >= 0.6 is 0 Å². The number of hydrogen-bond acceptors (Lipinski definition) is 4. The van der Waals surface area contributed by atoms with E-state index in [1.807, 2.05) is 6.92 Å². The third-order valence-electron chi connectivity index (χ3n) is 2.58. The summed E-state index contributed by atoms with van der Waals surface area (Å²) in [5, 5.41) is 9.15.